The Morgan fingerprint density at radius 3 is 2.76 bits per heavy atom. The van der Waals surface area contributed by atoms with E-state index >= 15 is 0 Å². The van der Waals surface area contributed by atoms with Gasteiger partial charge in [0.2, 0.25) is 6.36 Å². The minimum atomic E-state index is -1.72. The molecule has 0 aliphatic rings. The Labute approximate surface area is 143 Å². The molecule has 1 aromatic carbocycles. The van der Waals surface area contributed by atoms with Crippen LogP contribution in [-0.4, -0.2) is 24.4 Å². The summed E-state index contributed by atoms with van der Waals surface area (Å²) < 4.78 is 36.1. The zero-order chi connectivity index (χ0) is 18.4. The van der Waals surface area contributed by atoms with Crippen molar-refractivity contribution in [1.29, 1.82) is 5.26 Å². The molecule has 1 aromatic heterocycles. The molecule has 1 unspecified atom stereocenters. The monoisotopic (exact) mass is 347 g/mol. The van der Waals surface area contributed by atoms with Gasteiger partial charge in [0, 0.05) is 19.7 Å². The quantitative estimate of drug-likeness (QED) is 0.868. The van der Waals surface area contributed by atoms with Gasteiger partial charge in [-0.2, -0.15) is 5.26 Å². The highest BCUT2D eigenvalue weighted by Gasteiger charge is 2.14. The van der Waals surface area contributed by atoms with Crippen molar-refractivity contribution in [1.82, 2.24) is 10.3 Å². The average Bonchev–Trinajstić information content (AvgIpc) is 2.60. The Hall–Kier alpha value is -3.21. The van der Waals surface area contributed by atoms with Gasteiger partial charge in [-0.1, -0.05) is 0 Å². The van der Waals surface area contributed by atoms with Gasteiger partial charge in [-0.15, -0.1) is 0 Å². The van der Waals surface area contributed by atoms with Crippen LogP contribution < -0.4 is 14.8 Å². The van der Waals surface area contributed by atoms with Crippen molar-refractivity contribution in [2.75, 3.05) is 7.11 Å². The molecule has 0 radical (unpaired) electrons. The maximum atomic E-state index is 13.7. The number of benzene rings is 1. The molecule has 1 amide bonds. The molecule has 1 heterocycles. The number of carbonyl (C=O) groups excluding carboxylic acids is 1. The first-order valence-corrected chi connectivity index (χ1v) is 7.25. The first kappa shape index (κ1) is 18.1. The topological polar surface area (TPSA) is 84.2 Å². The molecule has 130 valence electrons. The van der Waals surface area contributed by atoms with E-state index in [4.69, 9.17) is 10.00 Å². The lowest BCUT2D eigenvalue weighted by Crippen LogP contribution is -2.23. The normalized spacial score (nSPS) is 11.3. The number of nitrogens with zero attached hydrogens (tertiary/aromatic N) is 2. The fourth-order valence-corrected chi connectivity index (χ4v) is 2.02. The van der Waals surface area contributed by atoms with Crippen molar-refractivity contribution in [3.8, 4) is 17.7 Å². The fourth-order valence-electron chi connectivity index (χ4n) is 2.02. The van der Waals surface area contributed by atoms with Crippen LogP contribution in [0.15, 0.2) is 30.5 Å². The predicted molar refractivity (Wildman–Crippen MR) is 84.3 cm³/mol. The van der Waals surface area contributed by atoms with Gasteiger partial charge in [0.1, 0.15) is 5.75 Å². The van der Waals surface area contributed by atoms with Crippen molar-refractivity contribution in [3.05, 3.63) is 53.0 Å². The molecule has 0 saturated carbocycles. The Morgan fingerprint density at radius 2 is 2.16 bits per heavy atom. The van der Waals surface area contributed by atoms with Crippen molar-refractivity contribution >= 4 is 5.91 Å². The van der Waals surface area contributed by atoms with Gasteiger partial charge in [-0.25, -0.2) is 13.8 Å². The van der Waals surface area contributed by atoms with Crippen LogP contribution in [0.1, 0.15) is 28.4 Å². The Kier molecular flexibility index (Phi) is 5.84. The molecule has 25 heavy (non-hydrogen) atoms. The number of aromatic nitrogens is 1. The van der Waals surface area contributed by atoms with E-state index in [1.807, 2.05) is 6.07 Å². The first-order valence-electron chi connectivity index (χ1n) is 7.25. The highest BCUT2D eigenvalue weighted by molar-refractivity contribution is 5.93. The lowest BCUT2D eigenvalue weighted by molar-refractivity contribution is 0.0759. The fraction of sp³-hybridized carbons (Fsp3) is 0.235. The lowest BCUT2D eigenvalue weighted by Gasteiger charge is -2.09. The van der Waals surface area contributed by atoms with E-state index in [9.17, 15) is 13.6 Å². The third-order valence-electron chi connectivity index (χ3n) is 3.13. The Bertz CT molecular complexity index is 819. The third-order valence-corrected chi connectivity index (χ3v) is 3.13. The predicted octanol–water partition coefficient (Wildman–Crippen LogP) is 2.73. The van der Waals surface area contributed by atoms with Crippen molar-refractivity contribution in [3.63, 3.8) is 0 Å². The largest absolute Gasteiger partial charge is 0.497 e. The zero-order valence-electron chi connectivity index (χ0n) is 13.5. The summed E-state index contributed by atoms with van der Waals surface area (Å²) in [5.74, 6) is -1.55. The number of hydrogen-bond acceptors (Lipinski definition) is 5. The summed E-state index contributed by atoms with van der Waals surface area (Å²) in [6.45, 7) is 1.19. The lowest BCUT2D eigenvalue weighted by atomic mass is 10.1. The van der Waals surface area contributed by atoms with Crippen LogP contribution in [0.25, 0.3) is 0 Å². The summed E-state index contributed by atoms with van der Waals surface area (Å²) in [6, 6.07) is 7.73. The smallest absolute Gasteiger partial charge is 0.253 e. The second kappa shape index (κ2) is 8.06. The van der Waals surface area contributed by atoms with Crippen LogP contribution in [0, 0.1) is 17.1 Å². The molecule has 0 spiro atoms. The number of amides is 1. The molecule has 8 heteroatoms. The minimum Gasteiger partial charge on any atom is -0.497 e. The van der Waals surface area contributed by atoms with E-state index in [1.165, 1.54) is 7.11 Å². The highest BCUT2D eigenvalue weighted by atomic mass is 19.1. The highest BCUT2D eigenvalue weighted by Crippen LogP contribution is 2.18. The van der Waals surface area contributed by atoms with Gasteiger partial charge in [0.25, 0.3) is 11.8 Å². The van der Waals surface area contributed by atoms with Crippen LogP contribution in [0.4, 0.5) is 8.78 Å². The van der Waals surface area contributed by atoms with Gasteiger partial charge in [0.05, 0.1) is 24.3 Å². The number of nitrogens with one attached hydrogen (secondary N) is 1. The van der Waals surface area contributed by atoms with Gasteiger partial charge in [-0.3, -0.25) is 4.79 Å². The maximum absolute atomic E-state index is 13.7. The standard InChI is InChI=1S/C17H15F2N3O3/c1-10(18)25-17-15(19)6-13(9-22-17)16(23)21-8-12-3-11(7-20)4-14(5-12)24-2/h3-6,9-10H,8H2,1-2H3,(H,21,23). The van der Waals surface area contributed by atoms with Crippen LogP contribution in [0.3, 0.4) is 0 Å². The van der Waals surface area contributed by atoms with Gasteiger partial charge in [-0.05, 0) is 29.8 Å². The summed E-state index contributed by atoms with van der Waals surface area (Å²) >= 11 is 0. The second-order valence-electron chi connectivity index (χ2n) is 5.04. The summed E-state index contributed by atoms with van der Waals surface area (Å²) in [7, 11) is 1.47. The molecule has 0 aliphatic carbocycles. The molecular weight excluding hydrogens is 332 g/mol. The second-order valence-corrected chi connectivity index (χ2v) is 5.04. The third kappa shape index (κ3) is 4.88. The molecule has 0 bridgehead atoms. The van der Waals surface area contributed by atoms with Crippen LogP contribution >= 0.6 is 0 Å². The number of rotatable bonds is 6. The van der Waals surface area contributed by atoms with Gasteiger partial charge < -0.3 is 14.8 Å². The molecular formula is C17H15F2N3O3. The summed E-state index contributed by atoms with van der Waals surface area (Å²) in [5, 5.41) is 11.6. The van der Waals surface area contributed by atoms with Crippen LogP contribution in [-0.2, 0) is 6.54 Å². The van der Waals surface area contributed by atoms with Crippen LogP contribution in [0.5, 0.6) is 11.6 Å². The van der Waals surface area contributed by atoms with Gasteiger partial charge >= 0.3 is 0 Å². The molecule has 1 atom stereocenters. The number of nitriles is 1. The molecule has 0 fully saturated rings. The number of alkyl halides is 1. The summed E-state index contributed by atoms with van der Waals surface area (Å²) in [5.41, 5.74) is 0.988. The van der Waals surface area contributed by atoms with Gasteiger partial charge in [0.15, 0.2) is 5.82 Å². The molecule has 1 N–H and O–H groups in total. The van der Waals surface area contributed by atoms with Crippen molar-refractivity contribution < 1.29 is 23.0 Å². The molecule has 2 rings (SSSR count). The Morgan fingerprint density at radius 1 is 1.40 bits per heavy atom. The van der Waals surface area contributed by atoms with E-state index in [1.54, 1.807) is 18.2 Å². The SMILES string of the molecule is COc1cc(C#N)cc(CNC(=O)c2cnc(OC(C)F)c(F)c2)c1. The van der Waals surface area contributed by atoms with E-state index < -0.39 is 24.0 Å². The molecule has 0 aliphatic heterocycles. The number of carbonyl (C=O) groups is 1. The first-order chi connectivity index (χ1) is 11.9. The zero-order valence-corrected chi connectivity index (χ0v) is 13.5. The van der Waals surface area contributed by atoms with Crippen molar-refractivity contribution in [2.45, 2.75) is 19.8 Å². The average molecular weight is 347 g/mol. The maximum Gasteiger partial charge on any atom is 0.253 e. The van der Waals surface area contributed by atoms with E-state index in [-0.39, 0.29) is 12.1 Å². The van der Waals surface area contributed by atoms with E-state index in [0.29, 0.717) is 16.9 Å². The summed E-state index contributed by atoms with van der Waals surface area (Å²) in [4.78, 5) is 15.7. The van der Waals surface area contributed by atoms with E-state index in [0.717, 1.165) is 19.2 Å². The van der Waals surface area contributed by atoms with E-state index in [2.05, 4.69) is 15.0 Å². The number of halogens is 2. The molecule has 6 nitrogen and oxygen atoms in total. The molecule has 2 aromatic rings. The number of hydrogen-bond donors (Lipinski definition) is 1. The number of pyridine rings is 1. The number of ether oxygens (including phenoxy) is 2. The molecule has 0 saturated heterocycles. The Balaban J connectivity index is 2.08. The number of methoxy groups -OCH3 is 1. The van der Waals surface area contributed by atoms with Crippen molar-refractivity contribution in [2.24, 2.45) is 0 Å². The minimum absolute atomic E-state index is 0.0419. The summed E-state index contributed by atoms with van der Waals surface area (Å²) in [6.07, 6.45) is -0.633. The van der Waals surface area contributed by atoms with Crippen LogP contribution in [0.2, 0.25) is 0 Å².